The highest BCUT2D eigenvalue weighted by molar-refractivity contribution is 8.00. The molecule has 0 saturated carbocycles. The number of hydrogen-bond acceptors (Lipinski definition) is 3. The van der Waals surface area contributed by atoms with Gasteiger partial charge in [-0.15, -0.1) is 0 Å². The van der Waals surface area contributed by atoms with Crippen molar-refractivity contribution in [2.45, 2.75) is 38.6 Å². The molecule has 2 unspecified atom stereocenters. The zero-order chi connectivity index (χ0) is 12.4. The lowest BCUT2D eigenvalue weighted by Gasteiger charge is -2.40. The average Bonchev–Trinajstić information content (AvgIpc) is 2.33. The fourth-order valence-corrected chi connectivity index (χ4v) is 3.54. The van der Waals surface area contributed by atoms with E-state index in [0.29, 0.717) is 17.8 Å². The lowest BCUT2D eigenvalue weighted by molar-refractivity contribution is 0.626. The van der Waals surface area contributed by atoms with Crippen LogP contribution in [-0.2, 0) is 6.54 Å². The number of rotatable bonds is 2. The van der Waals surface area contributed by atoms with Crippen molar-refractivity contribution in [3.8, 4) is 0 Å². The zero-order valence-electron chi connectivity index (χ0n) is 10.9. The van der Waals surface area contributed by atoms with Crippen molar-refractivity contribution in [2.24, 2.45) is 5.73 Å². The Morgan fingerprint density at radius 2 is 2.18 bits per heavy atom. The van der Waals surface area contributed by atoms with Crippen molar-refractivity contribution in [1.82, 2.24) is 0 Å². The molecule has 2 nitrogen and oxygen atoms in total. The summed E-state index contributed by atoms with van der Waals surface area (Å²) >= 11 is 2.08. The van der Waals surface area contributed by atoms with Gasteiger partial charge in [0.05, 0.1) is 0 Å². The summed E-state index contributed by atoms with van der Waals surface area (Å²) in [6.07, 6.45) is 0. The quantitative estimate of drug-likeness (QED) is 0.875. The van der Waals surface area contributed by atoms with Gasteiger partial charge in [0.15, 0.2) is 0 Å². The smallest absolute Gasteiger partial charge is 0.0399 e. The van der Waals surface area contributed by atoms with E-state index in [4.69, 9.17) is 5.73 Å². The summed E-state index contributed by atoms with van der Waals surface area (Å²) < 4.78 is 0. The second-order valence-corrected chi connectivity index (χ2v) is 6.32. The number of benzene rings is 1. The van der Waals surface area contributed by atoms with Crippen molar-refractivity contribution in [3.63, 3.8) is 0 Å². The maximum Gasteiger partial charge on any atom is 0.0399 e. The van der Waals surface area contributed by atoms with E-state index in [-0.39, 0.29) is 0 Å². The van der Waals surface area contributed by atoms with E-state index in [1.807, 2.05) is 0 Å². The van der Waals surface area contributed by atoms with E-state index in [0.717, 1.165) is 6.54 Å². The molecule has 2 atom stereocenters. The molecule has 0 bridgehead atoms. The van der Waals surface area contributed by atoms with Crippen LogP contribution in [0.5, 0.6) is 0 Å². The predicted molar refractivity (Wildman–Crippen MR) is 77.8 cm³/mol. The molecule has 0 amide bonds. The van der Waals surface area contributed by atoms with Crippen molar-refractivity contribution < 1.29 is 0 Å². The molecule has 94 valence electrons. The number of nitrogens with two attached hydrogens (primary N) is 1. The van der Waals surface area contributed by atoms with Crippen LogP contribution in [0.25, 0.3) is 0 Å². The minimum atomic E-state index is 0.608. The second kappa shape index (κ2) is 5.32. The number of aryl methyl sites for hydroxylation is 1. The first kappa shape index (κ1) is 12.8. The standard InChI is InChI=1S/C14H22N2S/c1-10-8-13(9-15)4-5-14(10)16-6-7-17-12(3)11(16)2/h4-5,8,11-12H,6-7,9,15H2,1-3H3. The molecule has 1 aliphatic heterocycles. The van der Waals surface area contributed by atoms with Crippen LogP contribution >= 0.6 is 11.8 Å². The van der Waals surface area contributed by atoms with Crippen molar-refractivity contribution in [1.29, 1.82) is 0 Å². The third kappa shape index (κ3) is 2.61. The molecule has 1 heterocycles. The molecule has 0 aromatic heterocycles. The molecule has 0 radical (unpaired) electrons. The van der Waals surface area contributed by atoms with Crippen molar-refractivity contribution >= 4 is 17.4 Å². The Morgan fingerprint density at radius 1 is 1.41 bits per heavy atom. The highest BCUT2D eigenvalue weighted by Gasteiger charge is 2.26. The molecule has 2 rings (SSSR count). The van der Waals surface area contributed by atoms with Gasteiger partial charge >= 0.3 is 0 Å². The Kier molecular flexibility index (Phi) is 4.00. The van der Waals surface area contributed by atoms with Crippen LogP contribution in [0.1, 0.15) is 25.0 Å². The van der Waals surface area contributed by atoms with Crippen LogP contribution in [0.15, 0.2) is 18.2 Å². The minimum Gasteiger partial charge on any atom is -0.367 e. The van der Waals surface area contributed by atoms with Crippen LogP contribution < -0.4 is 10.6 Å². The van der Waals surface area contributed by atoms with Gasteiger partial charge in [-0.3, -0.25) is 0 Å². The van der Waals surface area contributed by atoms with E-state index < -0.39 is 0 Å². The molecule has 1 aromatic rings. The monoisotopic (exact) mass is 250 g/mol. The molecule has 17 heavy (non-hydrogen) atoms. The number of nitrogens with zero attached hydrogens (tertiary/aromatic N) is 1. The predicted octanol–water partition coefficient (Wildman–Crippen LogP) is 2.78. The van der Waals surface area contributed by atoms with E-state index in [9.17, 15) is 0 Å². The van der Waals surface area contributed by atoms with E-state index in [2.05, 4.69) is 55.6 Å². The Balaban J connectivity index is 2.27. The lowest BCUT2D eigenvalue weighted by atomic mass is 10.1. The molecular formula is C14H22N2S. The minimum absolute atomic E-state index is 0.608. The van der Waals surface area contributed by atoms with Crippen LogP contribution in [0, 0.1) is 6.92 Å². The molecule has 1 fully saturated rings. The Hall–Kier alpha value is -0.670. The molecule has 1 aliphatic rings. The van der Waals surface area contributed by atoms with Gasteiger partial charge in [0.1, 0.15) is 0 Å². The number of anilines is 1. The summed E-state index contributed by atoms with van der Waals surface area (Å²) in [6, 6.07) is 7.21. The first-order valence-electron chi connectivity index (χ1n) is 6.31. The summed E-state index contributed by atoms with van der Waals surface area (Å²) in [5.74, 6) is 1.23. The molecule has 3 heteroatoms. The number of thioether (sulfide) groups is 1. The van der Waals surface area contributed by atoms with Crippen LogP contribution in [-0.4, -0.2) is 23.6 Å². The summed E-state index contributed by atoms with van der Waals surface area (Å²) in [7, 11) is 0. The summed E-state index contributed by atoms with van der Waals surface area (Å²) in [6.45, 7) is 8.62. The van der Waals surface area contributed by atoms with Gasteiger partial charge in [-0.2, -0.15) is 11.8 Å². The van der Waals surface area contributed by atoms with Gasteiger partial charge in [0.2, 0.25) is 0 Å². The van der Waals surface area contributed by atoms with Crippen molar-refractivity contribution in [2.75, 3.05) is 17.2 Å². The number of hydrogen-bond donors (Lipinski definition) is 1. The Labute approximate surface area is 109 Å². The van der Waals surface area contributed by atoms with Crippen LogP contribution in [0.4, 0.5) is 5.69 Å². The van der Waals surface area contributed by atoms with Gasteiger partial charge in [-0.25, -0.2) is 0 Å². The highest BCUT2D eigenvalue weighted by Crippen LogP contribution is 2.31. The first-order valence-corrected chi connectivity index (χ1v) is 7.36. The average molecular weight is 250 g/mol. The van der Waals surface area contributed by atoms with Gasteiger partial charge < -0.3 is 10.6 Å². The van der Waals surface area contributed by atoms with Crippen molar-refractivity contribution in [3.05, 3.63) is 29.3 Å². The molecule has 1 aromatic carbocycles. The van der Waals surface area contributed by atoms with E-state index in [1.165, 1.54) is 22.6 Å². The van der Waals surface area contributed by atoms with Gasteiger partial charge in [0, 0.05) is 35.8 Å². The van der Waals surface area contributed by atoms with E-state index >= 15 is 0 Å². The fourth-order valence-electron chi connectivity index (χ4n) is 2.44. The zero-order valence-corrected chi connectivity index (χ0v) is 11.8. The summed E-state index contributed by atoms with van der Waals surface area (Å²) in [5.41, 5.74) is 9.62. The Bertz CT molecular complexity index is 392. The van der Waals surface area contributed by atoms with Gasteiger partial charge in [-0.1, -0.05) is 19.1 Å². The normalized spacial score (nSPS) is 25.1. The van der Waals surface area contributed by atoms with Gasteiger partial charge in [0.25, 0.3) is 0 Å². The molecular weight excluding hydrogens is 228 g/mol. The van der Waals surface area contributed by atoms with E-state index in [1.54, 1.807) is 0 Å². The maximum absolute atomic E-state index is 5.68. The highest BCUT2D eigenvalue weighted by atomic mass is 32.2. The first-order chi connectivity index (χ1) is 8.13. The van der Waals surface area contributed by atoms with Crippen LogP contribution in [0.2, 0.25) is 0 Å². The lowest BCUT2D eigenvalue weighted by Crippen LogP contribution is -2.45. The topological polar surface area (TPSA) is 29.3 Å². The molecule has 0 spiro atoms. The van der Waals surface area contributed by atoms with Crippen LogP contribution in [0.3, 0.4) is 0 Å². The largest absolute Gasteiger partial charge is 0.367 e. The van der Waals surface area contributed by atoms with Gasteiger partial charge in [-0.05, 0) is 31.0 Å². The summed E-state index contributed by atoms with van der Waals surface area (Å²) in [4.78, 5) is 2.54. The SMILES string of the molecule is Cc1cc(CN)ccc1N1CCSC(C)C1C. The third-order valence-corrected chi connectivity index (χ3v) is 5.03. The molecule has 2 N–H and O–H groups in total. The molecule has 0 aliphatic carbocycles. The Morgan fingerprint density at radius 3 is 2.82 bits per heavy atom. The fraction of sp³-hybridized carbons (Fsp3) is 0.571. The maximum atomic E-state index is 5.68. The molecule has 1 saturated heterocycles. The second-order valence-electron chi connectivity index (χ2n) is 4.83. The summed E-state index contributed by atoms with van der Waals surface area (Å²) in [5, 5.41) is 0.706. The third-order valence-electron chi connectivity index (χ3n) is 3.69.